The molecule has 1 N–H and O–H groups in total. The molecule has 1 saturated heterocycles. The van der Waals surface area contributed by atoms with Gasteiger partial charge in [-0.3, -0.25) is 0 Å². The minimum Gasteiger partial charge on any atom is -0.389 e. The summed E-state index contributed by atoms with van der Waals surface area (Å²) in [6, 6.07) is 3.33. The van der Waals surface area contributed by atoms with E-state index in [1.807, 2.05) is 6.07 Å². The van der Waals surface area contributed by atoms with Gasteiger partial charge in [-0.2, -0.15) is 0 Å². The Kier molecular flexibility index (Phi) is 4.42. The fourth-order valence-electron chi connectivity index (χ4n) is 2.60. The Balaban J connectivity index is 2.26. The predicted molar refractivity (Wildman–Crippen MR) is 76.1 cm³/mol. The maximum Gasteiger partial charge on any atom is 0.126 e. The SMILES string of the molecule is CCN1CCN(c2cc(C)c(F)cc2[C@H](C)O)CC1. The zero-order valence-corrected chi connectivity index (χ0v) is 12.0. The first-order chi connectivity index (χ1) is 9.02. The molecule has 0 saturated carbocycles. The lowest BCUT2D eigenvalue weighted by atomic mass is 10.0. The van der Waals surface area contributed by atoms with Crippen molar-refractivity contribution in [1.82, 2.24) is 4.90 Å². The zero-order chi connectivity index (χ0) is 14.0. The Morgan fingerprint density at radius 2 is 1.89 bits per heavy atom. The van der Waals surface area contributed by atoms with Crippen LogP contribution in [0.1, 0.15) is 31.1 Å². The molecule has 0 aromatic heterocycles. The monoisotopic (exact) mass is 266 g/mol. The molecule has 106 valence electrons. The summed E-state index contributed by atoms with van der Waals surface area (Å²) < 4.78 is 13.7. The third-order valence-electron chi connectivity index (χ3n) is 3.92. The second kappa shape index (κ2) is 5.88. The predicted octanol–water partition coefficient (Wildman–Crippen LogP) is 2.33. The average molecular weight is 266 g/mol. The fourth-order valence-corrected chi connectivity index (χ4v) is 2.60. The molecule has 1 heterocycles. The van der Waals surface area contributed by atoms with Crippen molar-refractivity contribution in [3.63, 3.8) is 0 Å². The van der Waals surface area contributed by atoms with Gasteiger partial charge in [0.1, 0.15) is 5.82 Å². The maximum atomic E-state index is 13.7. The molecule has 0 bridgehead atoms. The lowest BCUT2D eigenvalue weighted by Crippen LogP contribution is -2.46. The van der Waals surface area contributed by atoms with Gasteiger partial charge in [0, 0.05) is 37.4 Å². The smallest absolute Gasteiger partial charge is 0.126 e. The van der Waals surface area contributed by atoms with Crippen LogP contribution >= 0.6 is 0 Å². The quantitative estimate of drug-likeness (QED) is 0.909. The van der Waals surface area contributed by atoms with E-state index in [9.17, 15) is 9.50 Å². The number of rotatable bonds is 3. The minimum atomic E-state index is -0.644. The molecule has 0 amide bonds. The number of aliphatic hydroxyl groups excluding tert-OH is 1. The van der Waals surface area contributed by atoms with E-state index in [0.29, 0.717) is 11.1 Å². The molecule has 2 rings (SSSR count). The van der Waals surface area contributed by atoms with E-state index < -0.39 is 6.10 Å². The second-order valence-electron chi connectivity index (χ2n) is 5.26. The van der Waals surface area contributed by atoms with Crippen LogP contribution in [0.3, 0.4) is 0 Å². The summed E-state index contributed by atoms with van der Waals surface area (Å²) in [5.74, 6) is -0.244. The van der Waals surface area contributed by atoms with Gasteiger partial charge in [-0.05, 0) is 38.1 Å². The fraction of sp³-hybridized carbons (Fsp3) is 0.600. The number of halogens is 1. The third-order valence-corrected chi connectivity index (χ3v) is 3.92. The van der Waals surface area contributed by atoms with Gasteiger partial charge in [-0.25, -0.2) is 4.39 Å². The number of hydrogen-bond donors (Lipinski definition) is 1. The molecule has 3 nitrogen and oxygen atoms in total. The lowest BCUT2D eigenvalue weighted by Gasteiger charge is -2.37. The van der Waals surface area contributed by atoms with E-state index in [1.54, 1.807) is 13.8 Å². The molecule has 1 aliphatic rings. The molecular weight excluding hydrogens is 243 g/mol. The highest BCUT2D eigenvalue weighted by Gasteiger charge is 2.21. The van der Waals surface area contributed by atoms with E-state index in [2.05, 4.69) is 16.7 Å². The Bertz CT molecular complexity index is 440. The molecule has 0 unspecified atom stereocenters. The largest absolute Gasteiger partial charge is 0.389 e. The molecule has 0 spiro atoms. The van der Waals surface area contributed by atoms with E-state index in [1.165, 1.54) is 6.07 Å². The summed E-state index contributed by atoms with van der Waals surface area (Å²) >= 11 is 0. The van der Waals surface area contributed by atoms with Crippen LogP contribution in [-0.2, 0) is 0 Å². The van der Waals surface area contributed by atoms with E-state index >= 15 is 0 Å². The first-order valence-electron chi connectivity index (χ1n) is 6.98. The van der Waals surface area contributed by atoms with Gasteiger partial charge in [-0.15, -0.1) is 0 Å². The van der Waals surface area contributed by atoms with Crippen LogP contribution in [0.15, 0.2) is 12.1 Å². The number of nitrogens with zero attached hydrogens (tertiary/aromatic N) is 2. The minimum absolute atomic E-state index is 0.244. The van der Waals surface area contributed by atoms with Crippen LogP contribution in [0, 0.1) is 12.7 Å². The van der Waals surface area contributed by atoms with Crippen molar-refractivity contribution < 1.29 is 9.50 Å². The molecule has 1 fully saturated rings. The summed E-state index contributed by atoms with van der Waals surface area (Å²) in [6.07, 6.45) is -0.644. The highest BCUT2D eigenvalue weighted by atomic mass is 19.1. The Morgan fingerprint density at radius 3 is 2.42 bits per heavy atom. The van der Waals surface area contributed by atoms with Crippen molar-refractivity contribution in [2.45, 2.75) is 26.9 Å². The molecule has 1 aliphatic heterocycles. The van der Waals surface area contributed by atoms with E-state index in [-0.39, 0.29) is 5.82 Å². The van der Waals surface area contributed by atoms with Crippen LogP contribution < -0.4 is 4.90 Å². The van der Waals surface area contributed by atoms with Gasteiger partial charge in [0.05, 0.1) is 6.10 Å². The molecule has 4 heteroatoms. The van der Waals surface area contributed by atoms with Crippen LogP contribution in [0.4, 0.5) is 10.1 Å². The first kappa shape index (κ1) is 14.3. The number of aryl methyl sites for hydroxylation is 1. The molecule has 1 aromatic carbocycles. The second-order valence-corrected chi connectivity index (χ2v) is 5.26. The highest BCUT2D eigenvalue weighted by molar-refractivity contribution is 5.57. The summed E-state index contributed by atoms with van der Waals surface area (Å²) in [4.78, 5) is 4.65. The topological polar surface area (TPSA) is 26.7 Å². The van der Waals surface area contributed by atoms with Gasteiger partial charge in [-0.1, -0.05) is 6.92 Å². The summed E-state index contributed by atoms with van der Waals surface area (Å²) in [7, 11) is 0. The number of hydrogen-bond acceptors (Lipinski definition) is 3. The van der Waals surface area contributed by atoms with Gasteiger partial charge >= 0.3 is 0 Å². The van der Waals surface area contributed by atoms with E-state index in [4.69, 9.17) is 0 Å². The third kappa shape index (κ3) is 3.07. The van der Waals surface area contributed by atoms with Gasteiger partial charge in [0.15, 0.2) is 0 Å². The van der Waals surface area contributed by atoms with Crippen LogP contribution in [0.25, 0.3) is 0 Å². The molecule has 1 atom stereocenters. The van der Waals surface area contributed by atoms with Crippen LogP contribution in [-0.4, -0.2) is 42.7 Å². The molecule has 19 heavy (non-hydrogen) atoms. The van der Waals surface area contributed by atoms with Crippen molar-refractivity contribution in [2.75, 3.05) is 37.6 Å². The summed E-state index contributed by atoms with van der Waals surface area (Å²) in [5.41, 5.74) is 2.30. The Morgan fingerprint density at radius 1 is 1.26 bits per heavy atom. The summed E-state index contributed by atoms with van der Waals surface area (Å²) in [6.45, 7) is 10.6. The van der Waals surface area contributed by atoms with Crippen LogP contribution in [0.2, 0.25) is 0 Å². The van der Waals surface area contributed by atoms with Gasteiger partial charge in [0.25, 0.3) is 0 Å². The standard InChI is InChI=1S/C15H23FN2O/c1-4-17-5-7-18(8-6-17)15-9-11(2)14(16)10-13(15)12(3)19/h9-10,12,19H,4-8H2,1-3H3/t12-/m0/s1. The van der Waals surface area contributed by atoms with Gasteiger partial charge in [0.2, 0.25) is 0 Å². The normalized spacial score (nSPS) is 18.7. The molecule has 0 aliphatic carbocycles. The highest BCUT2D eigenvalue weighted by Crippen LogP contribution is 2.30. The average Bonchev–Trinajstić information content (AvgIpc) is 2.41. The van der Waals surface area contributed by atoms with Gasteiger partial charge < -0.3 is 14.9 Å². The van der Waals surface area contributed by atoms with Crippen molar-refractivity contribution in [3.05, 3.63) is 29.1 Å². The van der Waals surface area contributed by atoms with Crippen molar-refractivity contribution >= 4 is 5.69 Å². The van der Waals surface area contributed by atoms with Crippen molar-refractivity contribution in [1.29, 1.82) is 0 Å². The maximum absolute atomic E-state index is 13.7. The number of anilines is 1. The summed E-state index contributed by atoms with van der Waals surface area (Å²) in [5, 5.41) is 9.84. The molecule has 0 radical (unpaired) electrons. The lowest BCUT2D eigenvalue weighted by molar-refractivity contribution is 0.198. The molecule has 1 aromatic rings. The number of piperazine rings is 1. The Labute approximate surface area is 114 Å². The number of likely N-dealkylation sites (N-methyl/N-ethyl adjacent to an activating group) is 1. The van der Waals surface area contributed by atoms with E-state index in [0.717, 1.165) is 38.4 Å². The zero-order valence-electron chi connectivity index (χ0n) is 12.0. The Hall–Kier alpha value is -1.13. The number of benzene rings is 1. The molecular formula is C15H23FN2O. The first-order valence-corrected chi connectivity index (χ1v) is 6.98. The van der Waals surface area contributed by atoms with Crippen LogP contribution in [0.5, 0.6) is 0 Å². The van der Waals surface area contributed by atoms with Crippen molar-refractivity contribution in [3.8, 4) is 0 Å². The van der Waals surface area contributed by atoms with Crippen molar-refractivity contribution in [2.24, 2.45) is 0 Å². The number of aliphatic hydroxyl groups is 1.